The minimum atomic E-state index is -0.961. The lowest BCUT2D eigenvalue weighted by atomic mass is 9.93. The second kappa shape index (κ2) is 14.5. The summed E-state index contributed by atoms with van der Waals surface area (Å²) < 4.78 is 8.09. The molecule has 0 radical (unpaired) electrons. The van der Waals surface area contributed by atoms with Crippen LogP contribution in [0.5, 0.6) is 11.5 Å². The van der Waals surface area contributed by atoms with Gasteiger partial charge in [0.25, 0.3) is 11.8 Å². The highest BCUT2D eigenvalue weighted by molar-refractivity contribution is 6.23. The number of carbonyl (C=O) groups excluding carboxylic acids is 4. The van der Waals surface area contributed by atoms with Crippen molar-refractivity contribution in [2.45, 2.75) is 55.9 Å². The molecule has 3 aromatic carbocycles. The standard InChI is InChI=1S/C44H45N11O5/c45-40-38-39(26-6-9-33(10-7-26)60-32-4-2-1-3-5-32)49-55(41(38)47-25-46-40)27-14-16-50(17-15-27)29-19-52(20-29)31-23-53(24-31)30-21-51(22-30)28-8-11-34-35(18-28)44(59)54(43(34)58)36-12-13-37(56)48-42(36)57/h1-11,18,25,27,29-31,36H,12-17,19-24H2,(H2,45,46,47)(H,48,56,57). The van der Waals surface area contributed by atoms with Crippen LogP contribution in [-0.2, 0) is 9.59 Å². The lowest BCUT2D eigenvalue weighted by Gasteiger charge is -2.58. The van der Waals surface area contributed by atoms with Crippen molar-refractivity contribution in [1.82, 2.24) is 44.7 Å². The number of hydrogen-bond acceptors (Lipinski definition) is 13. The van der Waals surface area contributed by atoms with Crippen molar-refractivity contribution in [3.05, 3.63) is 90.3 Å². The van der Waals surface area contributed by atoms with Gasteiger partial charge in [-0.2, -0.15) is 5.10 Å². The third-order valence-electron chi connectivity index (χ3n) is 13.5. The molecule has 6 aliphatic rings. The van der Waals surface area contributed by atoms with Crippen LogP contribution in [0.15, 0.2) is 79.1 Å². The van der Waals surface area contributed by atoms with Crippen molar-refractivity contribution in [1.29, 1.82) is 0 Å². The molecular weight excluding hydrogens is 763 g/mol. The van der Waals surface area contributed by atoms with Gasteiger partial charge in [-0.15, -0.1) is 0 Å². The number of rotatable bonds is 9. The molecule has 0 saturated carbocycles. The lowest BCUT2D eigenvalue weighted by Crippen LogP contribution is -2.74. The Morgan fingerprint density at radius 3 is 2.07 bits per heavy atom. The highest BCUT2D eigenvalue weighted by Crippen LogP contribution is 2.38. The molecule has 2 aromatic heterocycles. The van der Waals surface area contributed by atoms with Crippen molar-refractivity contribution in [3.8, 4) is 22.8 Å². The Morgan fingerprint density at radius 1 is 0.683 bits per heavy atom. The van der Waals surface area contributed by atoms with Gasteiger partial charge in [0.1, 0.15) is 35.4 Å². The summed E-state index contributed by atoms with van der Waals surface area (Å²) in [5.74, 6) is 0.0312. The van der Waals surface area contributed by atoms with E-state index in [9.17, 15) is 19.2 Å². The van der Waals surface area contributed by atoms with E-state index in [1.165, 1.54) is 6.33 Å². The first-order valence-electron chi connectivity index (χ1n) is 20.9. The Bertz CT molecular complexity index is 2520. The van der Waals surface area contributed by atoms with Crippen molar-refractivity contribution < 1.29 is 23.9 Å². The first-order chi connectivity index (χ1) is 29.3. The van der Waals surface area contributed by atoms with Crippen LogP contribution in [-0.4, -0.2) is 140 Å². The summed E-state index contributed by atoms with van der Waals surface area (Å²) in [6.07, 6.45) is 3.75. The highest BCUT2D eigenvalue weighted by atomic mass is 16.5. The van der Waals surface area contributed by atoms with E-state index in [0.717, 1.165) is 110 Å². The molecule has 16 nitrogen and oxygen atoms in total. The molecule has 8 heterocycles. The summed E-state index contributed by atoms with van der Waals surface area (Å²) in [7, 11) is 0. The number of nitrogens with two attached hydrogens (primary N) is 1. The molecule has 306 valence electrons. The number of para-hydroxylation sites is 1. The molecule has 3 N–H and O–H groups in total. The fourth-order valence-corrected chi connectivity index (χ4v) is 9.84. The number of piperidine rings is 2. The van der Waals surface area contributed by atoms with E-state index in [1.807, 2.05) is 60.7 Å². The number of nitrogens with zero attached hydrogens (tertiary/aromatic N) is 9. The van der Waals surface area contributed by atoms with Crippen LogP contribution < -0.4 is 20.7 Å². The number of fused-ring (bicyclic) bond motifs is 2. The Labute approximate surface area is 345 Å². The normalized spacial score (nSPS) is 22.5. The van der Waals surface area contributed by atoms with Gasteiger partial charge in [-0.3, -0.25) is 44.1 Å². The topological polar surface area (TPSA) is 175 Å². The van der Waals surface area contributed by atoms with E-state index in [2.05, 4.69) is 39.6 Å². The van der Waals surface area contributed by atoms with Crippen LogP contribution in [0.25, 0.3) is 22.3 Å². The van der Waals surface area contributed by atoms with Crippen LogP contribution in [0.3, 0.4) is 0 Å². The SMILES string of the molecule is Nc1ncnc2c1c(-c1ccc(Oc3ccccc3)cc1)nn2C1CCN(C2CN(C3CN(C4CN(c5ccc6c(c5)C(=O)N(C5CCC(=O)NC5=O)C6=O)C4)C3)C2)CC1. The fourth-order valence-electron chi connectivity index (χ4n) is 9.84. The van der Waals surface area contributed by atoms with E-state index in [1.54, 1.807) is 12.1 Å². The van der Waals surface area contributed by atoms with Gasteiger partial charge in [-0.1, -0.05) is 18.2 Å². The highest BCUT2D eigenvalue weighted by Gasteiger charge is 2.47. The van der Waals surface area contributed by atoms with E-state index in [-0.39, 0.29) is 24.8 Å². The largest absolute Gasteiger partial charge is 0.457 e. The average Bonchev–Trinajstić information content (AvgIpc) is 3.72. The molecule has 5 fully saturated rings. The average molecular weight is 808 g/mol. The number of hydrogen-bond donors (Lipinski definition) is 2. The molecule has 6 aliphatic heterocycles. The number of anilines is 2. The van der Waals surface area contributed by atoms with E-state index in [4.69, 9.17) is 15.6 Å². The Hall–Kier alpha value is -6.23. The second-order valence-corrected chi connectivity index (χ2v) is 16.9. The molecule has 5 aromatic rings. The summed E-state index contributed by atoms with van der Waals surface area (Å²) >= 11 is 0. The first kappa shape index (κ1) is 36.8. The Morgan fingerprint density at radius 2 is 1.35 bits per heavy atom. The van der Waals surface area contributed by atoms with Crippen LogP contribution in [0, 0.1) is 0 Å². The number of ether oxygens (including phenoxy) is 1. The van der Waals surface area contributed by atoms with Crippen molar-refractivity contribution in [3.63, 3.8) is 0 Å². The van der Waals surface area contributed by atoms with E-state index in [0.29, 0.717) is 35.1 Å². The van der Waals surface area contributed by atoms with Crippen molar-refractivity contribution in [2.24, 2.45) is 0 Å². The number of aromatic nitrogens is 4. The zero-order valence-electron chi connectivity index (χ0n) is 33.0. The lowest BCUT2D eigenvalue weighted by molar-refractivity contribution is -0.136. The molecule has 0 bridgehead atoms. The maximum atomic E-state index is 13.3. The van der Waals surface area contributed by atoms with Crippen LogP contribution in [0.1, 0.15) is 52.4 Å². The summed E-state index contributed by atoms with van der Waals surface area (Å²) in [6.45, 7) is 8.08. The molecule has 1 unspecified atom stereocenters. The number of imide groups is 2. The molecular formula is C44H45N11O5. The quantitative estimate of drug-likeness (QED) is 0.208. The molecule has 11 rings (SSSR count). The van der Waals surface area contributed by atoms with Crippen LogP contribution in [0.4, 0.5) is 11.5 Å². The van der Waals surface area contributed by atoms with Gasteiger partial charge < -0.3 is 15.4 Å². The number of nitrogen functional groups attached to an aromatic ring is 1. The van der Waals surface area contributed by atoms with Gasteiger partial charge in [0, 0.05) is 88.2 Å². The van der Waals surface area contributed by atoms with Gasteiger partial charge in [0.05, 0.1) is 22.6 Å². The minimum absolute atomic E-state index is 0.101. The smallest absolute Gasteiger partial charge is 0.262 e. The predicted octanol–water partition coefficient (Wildman–Crippen LogP) is 3.16. The third-order valence-corrected chi connectivity index (χ3v) is 13.5. The van der Waals surface area contributed by atoms with Crippen LogP contribution >= 0.6 is 0 Å². The molecule has 5 saturated heterocycles. The predicted molar refractivity (Wildman–Crippen MR) is 221 cm³/mol. The van der Waals surface area contributed by atoms with E-state index < -0.39 is 23.8 Å². The Kier molecular flexibility index (Phi) is 8.90. The van der Waals surface area contributed by atoms with Crippen molar-refractivity contribution >= 4 is 46.2 Å². The molecule has 0 aliphatic carbocycles. The summed E-state index contributed by atoms with van der Waals surface area (Å²) in [4.78, 5) is 70.6. The third kappa shape index (κ3) is 6.28. The summed E-state index contributed by atoms with van der Waals surface area (Å²) in [5, 5.41) is 8.16. The molecule has 1 atom stereocenters. The van der Waals surface area contributed by atoms with Gasteiger partial charge in [-0.05, 0) is 73.9 Å². The van der Waals surface area contributed by atoms with Crippen LogP contribution in [0.2, 0.25) is 0 Å². The molecule has 60 heavy (non-hydrogen) atoms. The fraction of sp³-hybridized carbons (Fsp3) is 0.386. The minimum Gasteiger partial charge on any atom is -0.457 e. The maximum absolute atomic E-state index is 13.3. The zero-order chi connectivity index (χ0) is 40.6. The molecule has 16 heteroatoms. The van der Waals surface area contributed by atoms with Gasteiger partial charge >= 0.3 is 0 Å². The first-order valence-corrected chi connectivity index (χ1v) is 20.9. The molecule has 4 amide bonds. The summed E-state index contributed by atoms with van der Waals surface area (Å²) in [6, 6.07) is 23.9. The van der Waals surface area contributed by atoms with E-state index >= 15 is 0 Å². The number of benzene rings is 3. The maximum Gasteiger partial charge on any atom is 0.262 e. The number of carbonyl (C=O) groups is 4. The number of likely N-dealkylation sites (tertiary alicyclic amines) is 3. The monoisotopic (exact) mass is 807 g/mol. The van der Waals surface area contributed by atoms with Gasteiger partial charge in [0.15, 0.2) is 5.65 Å². The second-order valence-electron chi connectivity index (χ2n) is 16.9. The number of nitrogens with one attached hydrogen (secondary N) is 1. The Balaban J connectivity index is 0.653. The zero-order valence-corrected chi connectivity index (χ0v) is 33.0. The number of amides is 4. The summed E-state index contributed by atoms with van der Waals surface area (Å²) in [5.41, 5.74) is 10.5. The van der Waals surface area contributed by atoms with Gasteiger partial charge in [0.2, 0.25) is 11.8 Å². The van der Waals surface area contributed by atoms with Crippen molar-refractivity contribution in [2.75, 3.05) is 63.0 Å². The van der Waals surface area contributed by atoms with Gasteiger partial charge in [-0.25, -0.2) is 14.6 Å². The molecule has 0 spiro atoms.